The summed E-state index contributed by atoms with van der Waals surface area (Å²) < 4.78 is 61.0. The molecule has 0 aliphatic rings. The Morgan fingerprint density at radius 2 is 0.629 bits per heavy atom. The van der Waals surface area contributed by atoms with Crippen molar-refractivity contribution in [2.75, 3.05) is 27.7 Å². The minimum absolute atomic E-state index is 0. The molecule has 0 aliphatic carbocycles. The predicted molar refractivity (Wildman–Crippen MR) is 535 cm³/mol. The molecule has 0 radical (unpaired) electrons. The number of methoxy groups -OCH3 is 2. The third-order valence-electron chi connectivity index (χ3n) is 15.6. The first-order chi connectivity index (χ1) is 62.6. The summed E-state index contributed by atoms with van der Waals surface area (Å²) in [5.74, 6) is 19.3. The SMILES string of the molecule is Brc1ccc(-c2nnc(-c3ccc(-c4nnc(-c5ccc(Br)cc5)o4)cc3)o2)cc1.C#Cc1ccncc1.C(#Cc1ccncc1)[I-]C#Cc1ccncc1.COC(=O)c1ccc(C(=O)OC)cc1.I.I.NNC(=O)c1ccc(C(=O)NN)cc1.O=C(Cl)c1ccc(Br)cc1.O=C(NNCOc1ccc(C(=O)NNCOc2ccc(Br)cc2)cc1)c1ccc(Br)cc1.O=S(=O)(Cl)Cl. The fraction of sp³-hybridized carbons (Fsp3) is 0.0444. The number of terminal acetylenes is 1. The fourth-order valence-corrected chi connectivity index (χ4v) is 11.8. The van der Waals surface area contributed by atoms with Gasteiger partial charge in [-0.3, -0.25) is 50.7 Å². The van der Waals surface area contributed by atoms with Gasteiger partial charge in [0.2, 0.25) is 23.6 Å². The maximum Gasteiger partial charge on any atom is 0.337 e. The van der Waals surface area contributed by atoms with Crippen molar-refractivity contribution in [1.29, 1.82) is 0 Å². The van der Waals surface area contributed by atoms with Gasteiger partial charge < -0.3 is 27.8 Å². The van der Waals surface area contributed by atoms with Gasteiger partial charge in [-0.25, -0.2) is 21.3 Å². The van der Waals surface area contributed by atoms with Crippen LogP contribution in [0.4, 0.5) is 0 Å². The number of amides is 4. The number of nitrogens with zero attached hydrogens (tertiary/aromatic N) is 7. The first-order valence-corrected chi connectivity index (χ1v) is 46.3. The van der Waals surface area contributed by atoms with Crippen LogP contribution in [0.2, 0.25) is 0 Å². The Kier molecular flexibility index (Phi) is 51.8. The largest absolute Gasteiger partial charge is 0.477 e. The Morgan fingerprint density at radius 3 is 0.909 bits per heavy atom. The topological polar surface area (TPSA) is 431 Å². The van der Waals surface area contributed by atoms with E-state index in [1.807, 2.05) is 132 Å². The number of nitrogen functional groups attached to an aromatic ring is 2. The van der Waals surface area contributed by atoms with E-state index in [9.17, 15) is 33.6 Å². The number of carbonyl (C=O) groups is 7. The molecule has 0 unspecified atom stereocenters. The van der Waals surface area contributed by atoms with Crippen molar-refractivity contribution in [2.24, 2.45) is 11.7 Å². The van der Waals surface area contributed by atoms with E-state index in [1.165, 1.54) is 62.8 Å². The summed E-state index contributed by atoms with van der Waals surface area (Å²) in [5.41, 5.74) is 23.7. The minimum atomic E-state index is -3.72. The fourth-order valence-electron chi connectivity index (χ4n) is 9.30. The molecule has 9 aromatic carbocycles. The van der Waals surface area contributed by atoms with E-state index in [0.29, 0.717) is 74.0 Å². The van der Waals surface area contributed by atoms with Crippen LogP contribution in [0.15, 0.2) is 323 Å². The standard InChI is InChI=1S/C22H20Br2N4O4.C22H12Br2N4O2.C14H8IN2.C10H10O4.C8H10N4O2.C7H4BrClO.C7H5N.Cl2O2S.2HI/c23-17-5-1-15(2-6-17)21(29)27-25-13-31-19-9-3-16(4-10-19)22(30)28-26-14-32-20-11-7-18(24)8-12-20;23-17-9-5-15(6-10-17)21-27-25-19(29-21)13-1-2-14(4-3-13)20-26-28-22(30-20)16-7-11-18(24)12-8-16;1(13-3-9-16-10-4-13)7-15-8-2-14-5-11-17-12-6-14;1-13-9(11)7-3-5-8(6-4-7)10(12)14-2;9-11-7(13)5-1-2-6(4-3-5)8(14)12-10;8-6-3-1-5(2-4-6)7(9)10;1-2-7-3-5-8-6-4-7;1-5(2,3)4;;/h1-12,25-26H,13-14H2,(H,27,29)(H,28,30);1-12H;3-6,9-12H;3-6H,1-2H3;1-4H,9-10H2,(H,11,13)(H,12,14);1-4H;1,3-6H;;2*1H/q;;-1;;;;;;;. The van der Waals surface area contributed by atoms with Crippen molar-refractivity contribution >= 4 is 210 Å². The Morgan fingerprint density at radius 1 is 0.386 bits per heavy atom. The summed E-state index contributed by atoms with van der Waals surface area (Å²) in [6, 6.07) is 73.9. The first-order valence-electron chi connectivity index (χ1n) is 36.7. The molecule has 14 rings (SSSR count). The number of hydrogen-bond acceptors (Lipinski definition) is 26. The van der Waals surface area contributed by atoms with Crippen LogP contribution in [0.3, 0.4) is 0 Å². The Balaban J connectivity index is 0.000000282. The van der Waals surface area contributed by atoms with E-state index in [0.717, 1.165) is 61.3 Å². The number of hydrogen-bond donors (Lipinski definition) is 8. The summed E-state index contributed by atoms with van der Waals surface area (Å²) in [5, 5.41) is 16.2. The van der Waals surface area contributed by atoms with Gasteiger partial charge in [-0.2, -0.15) is 19.3 Å². The second-order valence-corrected chi connectivity index (χ2v) is 34.6. The molecule has 30 nitrogen and oxygen atoms in total. The van der Waals surface area contributed by atoms with E-state index < -0.39 is 37.3 Å². The Hall–Kier alpha value is -11.3. The molecule has 0 atom stereocenters. The molecular formula is C90H71Br5Cl3I3N15O15S-. The molecular weight excluding hydrogens is 2450 g/mol. The van der Waals surface area contributed by atoms with E-state index in [2.05, 4.69) is 193 Å². The summed E-state index contributed by atoms with van der Waals surface area (Å²) >= 11 is 21.6. The summed E-state index contributed by atoms with van der Waals surface area (Å²) in [6.45, 7) is 0.176. The van der Waals surface area contributed by atoms with Crippen LogP contribution >= 0.6 is 161 Å². The molecule has 10 N–H and O–H groups in total. The van der Waals surface area contributed by atoms with Crippen molar-refractivity contribution in [3.05, 3.63) is 370 Å². The molecule has 4 amide bonds. The first kappa shape index (κ1) is 111. The molecule has 0 fully saturated rings. The van der Waals surface area contributed by atoms with Crippen molar-refractivity contribution in [3.8, 4) is 89.4 Å². The molecule has 14 aromatic rings. The monoisotopic (exact) mass is 2510 g/mol. The van der Waals surface area contributed by atoms with Gasteiger partial charge in [-0.1, -0.05) is 85.6 Å². The van der Waals surface area contributed by atoms with E-state index in [4.69, 9.17) is 56.4 Å². The van der Waals surface area contributed by atoms with Gasteiger partial charge in [-0.15, -0.1) is 74.8 Å². The molecule has 0 saturated carbocycles. The van der Waals surface area contributed by atoms with Gasteiger partial charge in [0.15, 0.2) is 13.5 Å². The molecule has 5 heterocycles. The second kappa shape index (κ2) is 61.4. The number of esters is 2. The van der Waals surface area contributed by atoms with Gasteiger partial charge in [0, 0.05) is 112 Å². The van der Waals surface area contributed by atoms with Gasteiger partial charge in [0.25, 0.3) is 28.9 Å². The molecule has 0 bridgehead atoms. The summed E-state index contributed by atoms with van der Waals surface area (Å²) in [4.78, 5) is 90.4. The predicted octanol–water partition coefficient (Wildman–Crippen LogP) is 15.3. The van der Waals surface area contributed by atoms with Crippen LogP contribution in [-0.4, -0.2) is 112 Å². The van der Waals surface area contributed by atoms with Crippen LogP contribution in [-0.2, 0) is 17.7 Å². The summed E-state index contributed by atoms with van der Waals surface area (Å²) in [7, 11) is 7.42. The van der Waals surface area contributed by atoms with Gasteiger partial charge in [-0.05, 0) is 242 Å². The molecule has 680 valence electrons. The van der Waals surface area contributed by atoms with Crippen LogP contribution in [0.25, 0.3) is 45.8 Å². The molecule has 5 aromatic heterocycles. The number of benzene rings is 9. The minimum Gasteiger partial charge on any atom is -0.477 e. The molecule has 42 heteroatoms. The molecule has 132 heavy (non-hydrogen) atoms. The summed E-state index contributed by atoms with van der Waals surface area (Å²) in [6.07, 6.45) is 15.4. The maximum atomic E-state index is 12.2. The third-order valence-corrected chi connectivity index (χ3v) is 19.6. The number of nitrogens with two attached hydrogens (primary N) is 2. The smallest absolute Gasteiger partial charge is 0.337 e. The molecule has 0 spiro atoms. The van der Waals surface area contributed by atoms with Crippen molar-refractivity contribution in [2.45, 2.75) is 0 Å². The number of rotatable bonds is 19. The van der Waals surface area contributed by atoms with Gasteiger partial charge >= 0.3 is 131 Å². The average molecular weight is 2520 g/mol. The van der Waals surface area contributed by atoms with Crippen LogP contribution in [0.5, 0.6) is 11.5 Å². The quantitative estimate of drug-likeness (QED) is 0.00429. The number of hydrazine groups is 4. The molecule has 0 saturated heterocycles. The number of nitrogens with one attached hydrogen (secondary N) is 6. The van der Waals surface area contributed by atoms with Gasteiger partial charge in [0.1, 0.15) is 11.5 Å². The zero-order valence-electron chi connectivity index (χ0n) is 68.2. The number of aromatic nitrogens is 7. The zero-order chi connectivity index (χ0) is 94.0. The van der Waals surface area contributed by atoms with Crippen LogP contribution in [0.1, 0.15) is 89.2 Å². The second-order valence-electron chi connectivity index (χ2n) is 24.4. The van der Waals surface area contributed by atoms with E-state index >= 15 is 0 Å². The van der Waals surface area contributed by atoms with Crippen LogP contribution in [0, 0.1) is 32.0 Å². The van der Waals surface area contributed by atoms with E-state index in [-0.39, 0.29) is 94.4 Å². The zero-order valence-corrected chi connectivity index (χ0v) is 86.1. The van der Waals surface area contributed by atoms with Gasteiger partial charge in [0.05, 0.1) is 25.3 Å². The Bertz CT molecular complexity index is 5990. The van der Waals surface area contributed by atoms with Crippen LogP contribution < -0.4 is 74.9 Å². The molecule has 0 aliphatic heterocycles. The normalized spacial score (nSPS) is 9.72. The van der Waals surface area contributed by atoms with Crippen molar-refractivity contribution < 1.29 is 91.0 Å². The number of halogens is 11. The maximum absolute atomic E-state index is 12.2. The van der Waals surface area contributed by atoms with E-state index in [1.54, 1.807) is 122 Å². The number of carbonyl (C=O) groups excluding carboxylic acids is 7. The third kappa shape index (κ3) is 42.5. The van der Waals surface area contributed by atoms with Crippen molar-refractivity contribution in [1.82, 2.24) is 67.9 Å². The number of pyridine rings is 3. The number of ether oxygens (including phenoxy) is 4. The average Bonchev–Trinajstić information content (AvgIpc) is 1.68. The Labute approximate surface area is 857 Å². The van der Waals surface area contributed by atoms with Crippen molar-refractivity contribution in [3.63, 3.8) is 0 Å².